The van der Waals surface area contributed by atoms with Crippen molar-refractivity contribution < 1.29 is 5.11 Å². The van der Waals surface area contributed by atoms with E-state index in [2.05, 4.69) is 25.9 Å². The molecule has 1 heterocycles. The van der Waals surface area contributed by atoms with E-state index in [4.69, 9.17) is 0 Å². The smallest absolute Gasteiger partial charge is 0.160 e. The lowest BCUT2D eigenvalue weighted by molar-refractivity contribution is 0.339. The maximum Gasteiger partial charge on any atom is 0.160 e. The van der Waals surface area contributed by atoms with Crippen molar-refractivity contribution >= 4 is 0 Å². The van der Waals surface area contributed by atoms with Crippen molar-refractivity contribution in [3.8, 4) is 5.75 Å². The molecule has 96 valence electrons. The molecule has 2 rings (SSSR count). The second-order valence-electron chi connectivity index (χ2n) is 6.24. The Balaban J connectivity index is 2.35. The van der Waals surface area contributed by atoms with Gasteiger partial charge in [0.25, 0.3) is 0 Å². The Kier molecular flexibility index (Phi) is 3.19. The molecule has 0 spiro atoms. The second-order valence-corrected chi connectivity index (χ2v) is 6.24. The summed E-state index contributed by atoms with van der Waals surface area (Å²) in [7, 11) is 0. The van der Waals surface area contributed by atoms with Crippen LogP contribution in [0, 0.1) is 6.92 Å². The summed E-state index contributed by atoms with van der Waals surface area (Å²) in [4.78, 5) is 0. The van der Waals surface area contributed by atoms with Gasteiger partial charge in [-0.15, -0.1) is 0 Å². The first-order valence-corrected chi connectivity index (χ1v) is 6.70. The number of rotatable bonds is 1. The number of aromatic nitrogens is 2. The standard InChI is InChI=1S/C14H24N2O/c1-10-13(17)12(11-8-6-5-7-9-11)15-16(10)14(2,3)4/h11,17H,5-9H2,1-4H3. The topological polar surface area (TPSA) is 38.1 Å². The molecule has 0 aromatic carbocycles. The van der Waals surface area contributed by atoms with Crippen LogP contribution < -0.4 is 0 Å². The van der Waals surface area contributed by atoms with E-state index in [1.165, 1.54) is 32.1 Å². The van der Waals surface area contributed by atoms with E-state index in [9.17, 15) is 5.11 Å². The van der Waals surface area contributed by atoms with Gasteiger partial charge in [0, 0.05) is 5.92 Å². The molecule has 1 aromatic rings. The molecular formula is C14H24N2O. The zero-order valence-electron chi connectivity index (χ0n) is 11.5. The first kappa shape index (κ1) is 12.5. The summed E-state index contributed by atoms with van der Waals surface area (Å²) in [6, 6.07) is 0. The highest BCUT2D eigenvalue weighted by atomic mass is 16.3. The second kappa shape index (κ2) is 4.35. The summed E-state index contributed by atoms with van der Waals surface area (Å²) in [5.41, 5.74) is 1.77. The van der Waals surface area contributed by atoms with E-state index in [0.29, 0.717) is 11.7 Å². The van der Waals surface area contributed by atoms with Gasteiger partial charge < -0.3 is 5.11 Å². The van der Waals surface area contributed by atoms with Crippen LogP contribution in [-0.2, 0) is 5.54 Å². The van der Waals surface area contributed by atoms with Crippen LogP contribution in [0.25, 0.3) is 0 Å². The molecule has 1 saturated carbocycles. The first-order chi connectivity index (χ1) is 7.91. The van der Waals surface area contributed by atoms with E-state index in [-0.39, 0.29) is 5.54 Å². The van der Waals surface area contributed by atoms with Crippen LogP contribution in [0.15, 0.2) is 0 Å². The predicted molar refractivity (Wildman–Crippen MR) is 69.5 cm³/mol. The van der Waals surface area contributed by atoms with Crippen LogP contribution in [0.2, 0.25) is 0 Å². The average Bonchev–Trinajstić information content (AvgIpc) is 2.57. The van der Waals surface area contributed by atoms with Crippen LogP contribution >= 0.6 is 0 Å². The third-order valence-electron chi connectivity index (χ3n) is 3.74. The van der Waals surface area contributed by atoms with E-state index < -0.39 is 0 Å². The molecule has 0 bridgehead atoms. The molecule has 3 nitrogen and oxygen atoms in total. The van der Waals surface area contributed by atoms with E-state index in [0.717, 1.165) is 11.4 Å². The Morgan fingerprint density at radius 2 is 1.76 bits per heavy atom. The zero-order valence-corrected chi connectivity index (χ0v) is 11.5. The fourth-order valence-electron chi connectivity index (χ4n) is 2.82. The van der Waals surface area contributed by atoms with Crippen molar-refractivity contribution in [3.05, 3.63) is 11.4 Å². The van der Waals surface area contributed by atoms with Gasteiger partial charge >= 0.3 is 0 Å². The quantitative estimate of drug-likeness (QED) is 0.807. The minimum absolute atomic E-state index is 0.0610. The van der Waals surface area contributed by atoms with Gasteiger partial charge in [0.15, 0.2) is 5.75 Å². The van der Waals surface area contributed by atoms with Crippen molar-refractivity contribution in [1.29, 1.82) is 0 Å². The highest BCUT2D eigenvalue weighted by molar-refractivity contribution is 5.34. The Morgan fingerprint density at radius 3 is 2.24 bits per heavy atom. The maximum atomic E-state index is 10.3. The summed E-state index contributed by atoms with van der Waals surface area (Å²) >= 11 is 0. The summed E-state index contributed by atoms with van der Waals surface area (Å²) in [6.07, 6.45) is 6.22. The highest BCUT2D eigenvalue weighted by Gasteiger charge is 2.27. The van der Waals surface area contributed by atoms with E-state index in [1.54, 1.807) is 0 Å². The molecule has 1 N–H and O–H groups in total. The normalized spacial score (nSPS) is 18.6. The predicted octanol–water partition coefficient (Wildman–Crippen LogP) is 3.70. The molecule has 0 atom stereocenters. The Hall–Kier alpha value is -0.990. The minimum atomic E-state index is -0.0610. The van der Waals surface area contributed by atoms with Crippen LogP contribution in [0.1, 0.15) is 70.2 Å². The van der Waals surface area contributed by atoms with Crippen LogP contribution in [0.4, 0.5) is 0 Å². The minimum Gasteiger partial charge on any atom is -0.504 e. The number of hydrogen-bond acceptors (Lipinski definition) is 2. The fourth-order valence-corrected chi connectivity index (χ4v) is 2.82. The largest absolute Gasteiger partial charge is 0.504 e. The van der Waals surface area contributed by atoms with Gasteiger partial charge in [0.1, 0.15) is 5.69 Å². The van der Waals surface area contributed by atoms with Crippen LogP contribution in [0.3, 0.4) is 0 Å². The molecule has 1 aliphatic carbocycles. The van der Waals surface area contributed by atoms with Gasteiger partial charge in [0.2, 0.25) is 0 Å². The van der Waals surface area contributed by atoms with Crippen molar-refractivity contribution in [3.63, 3.8) is 0 Å². The van der Waals surface area contributed by atoms with Gasteiger partial charge in [-0.3, -0.25) is 4.68 Å². The molecule has 3 heteroatoms. The Morgan fingerprint density at radius 1 is 1.18 bits per heavy atom. The molecular weight excluding hydrogens is 212 g/mol. The average molecular weight is 236 g/mol. The van der Waals surface area contributed by atoms with Gasteiger partial charge in [-0.1, -0.05) is 19.3 Å². The van der Waals surface area contributed by atoms with Crippen molar-refractivity contribution in [1.82, 2.24) is 9.78 Å². The van der Waals surface area contributed by atoms with Crippen LogP contribution in [-0.4, -0.2) is 14.9 Å². The first-order valence-electron chi connectivity index (χ1n) is 6.70. The molecule has 0 radical (unpaired) electrons. The third-order valence-corrected chi connectivity index (χ3v) is 3.74. The Labute approximate surface area is 104 Å². The van der Waals surface area contributed by atoms with Gasteiger partial charge in [-0.2, -0.15) is 5.10 Å². The molecule has 0 aliphatic heterocycles. The lowest BCUT2D eigenvalue weighted by Crippen LogP contribution is -2.24. The summed E-state index contributed by atoms with van der Waals surface area (Å²) < 4.78 is 1.96. The number of hydrogen-bond donors (Lipinski definition) is 1. The van der Waals surface area contributed by atoms with Gasteiger partial charge in [-0.25, -0.2) is 0 Å². The Bertz CT molecular complexity index is 395. The third kappa shape index (κ3) is 2.33. The summed E-state index contributed by atoms with van der Waals surface area (Å²) in [5.74, 6) is 0.887. The SMILES string of the molecule is Cc1c(O)c(C2CCCCC2)nn1C(C)(C)C. The molecule has 1 aromatic heterocycles. The van der Waals surface area contributed by atoms with Crippen molar-refractivity contribution in [2.24, 2.45) is 0 Å². The monoisotopic (exact) mass is 236 g/mol. The lowest BCUT2D eigenvalue weighted by Gasteiger charge is -2.22. The molecule has 0 amide bonds. The maximum absolute atomic E-state index is 10.3. The number of aromatic hydroxyl groups is 1. The van der Waals surface area contributed by atoms with Crippen molar-refractivity contribution in [2.75, 3.05) is 0 Å². The van der Waals surface area contributed by atoms with E-state index >= 15 is 0 Å². The van der Waals surface area contributed by atoms with Gasteiger partial charge in [0.05, 0.1) is 11.2 Å². The molecule has 1 aliphatic rings. The molecule has 0 unspecified atom stereocenters. The van der Waals surface area contributed by atoms with Crippen molar-refractivity contribution in [2.45, 2.75) is 71.3 Å². The lowest BCUT2D eigenvalue weighted by atomic mass is 9.86. The number of nitrogens with zero attached hydrogens (tertiary/aromatic N) is 2. The molecule has 0 saturated heterocycles. The van der Waals surface area contributed by atoms with Crippen LogP contribution in [0.5, 0.6) is 5.75 Å². The summed E-state index contributed by atoms with van der Waals surface area (Å²) in [5, 5.41) is 14.9. The highest BCUT2D eigenvalue weighted by Crippen LogP contribution is 2.38. The summed E-state index contributed by atoms with van der Waals surface area (Å²) in [6.45, 7) is 8.32. The van der Waals surface area contributed by atoms with Gasteiger partial charge in [-0.05, 0) is 40.5 Å². The zero-order chi connectivity index (χ0) is 12.6. The van der Waals surface area contributed by atoms with E-state index in [1.807, 2.05) is 11.6 Å². The molecule has 17 heavy (non-hydrogen) atoms. The fraction of sp³-hybridized carbons (Fsp3) is 0.786. The molecule has 1 fully saturated rings.